The zero-order valence-electron chi connectivity index (χ0n) is 12.8. The minimum absolute atomic E-state index is 0.00229. The van der Waals surface area contributed by atoms with Crippen LogP contribution in [0.4, 0.5) is 4.39 Å². The average Bonchev–Trinajstić information content (AvgIpc) is 2.40. The maximum atomic E-state index is 13.3. The van der Waals surface area contributed by atoms with Gasteiger partial charge >= 0.3 is 0 Å². The molecule has 0 aliphatic heterocycles. The smallest absolute Gasteiger partial charge is 0.238 e. The SMILES string of the molecule is Cc1ccc(F)cc1Oc1cncc(CNC(C)(C)C)n1. The van der Waals surface area contributed by atoms with Crippen LogP contribution in [0.25, 0.3) is 0 Å². The lowest BCUT2D eigenvalue weighted by molar-refractivity contribution is 0.413. The molecule has 0 amide bonds. The number of rotatable bonds is 4. The van der Waals surface area contributed by atoms with Crippen molar-refractivity contribution in [3.63, 3.8) is 0 Å². The monoisotopic (exact) mass is 289 g/mol. The maximum Gasteiger partial charge on any atom is 0.238 e. The quantitative estimate of drug-likeness (QED) is 0.934. The summed E-state index contributed by atoms with van der Waals surface area (Å²) in [4.78, 5) is 8.48. The predicted octanol–water partition coefficient (Wildman–Crippen LogP) is 3.60. The molecule has 0 saturated heterocycles. The van der Waals surface area contributed by atoms with Crippen LogP contribution in [-0.2, 0) is 6.54 Å². The second-order valence-electron chi connectivity index (χ2n) is 5.96. The van der Waals surface area contributed by atoms with Crippen molar-refractivity contribution in [3.05, 3.63) is 47.7 Å². The van der Waals surface area contributed by atoms with Crippen LogP contribution in [0.3, 0.4) is 0 Å². The molecule has 0 spiro atoms. The van der Waals surface area contributed by atoms with Gasteiger partial charge in [0.05, 0.1) is 11.9 Å². The Bertz CT molecular complexity index is 623. The number of halogens is 1. The van der Waals surface area contributed by atoms with Crippen molar-refractivity contribution < 1.29 is 9.13 Å². The number of hydrogen-bond donors (Lipinski definition) is 1. The van der Waals surface area contributed by atoms with Crippen molar-refractivity contribution in [3.8, 4) is 11.6 Å². The van der Waals surface area contributed by atoms with E-state index >= 15 is 0 Å². The molecule has 0 atom stereocenters. The molecule has 21 heavy (non-hydrogen) atoms. The molecule has 0 radical (unpaired) electrons. The molecule has 5 heteroatoms. The third-order valence-electron chi connectivity index (χ3n) is 2.83. The van der Waals surface area contributed by atoms with Crippen molar-refractivity contribution in [2.75, 3.05) is 0 Å². The third-order valence-corrected chi connectivity index (χ3v) is 2.83. The molecule has 1 heterocycles. The maximum absolute atomic E-state index is 13.3. The fourth-order valence-electron chi connectivity index (χ4n) is 1.67. The van der Waals surface area contributed by atoms with Gasteiger partial charge < -0.3 is 10.1 Å². The van der Waals surface area contributed by atoms with Gasteiger partial charge in [-0.3, -0.25) is 4.98 Å². The highest BCUT2D eigenvalue weighted by atomic mass is 19.1. The van der Waals surface area contributed by atoms with Gasteiger partial charge in [-0.2, -0.15) is 0 Å². The summed E-state index contributed by atoms with van der Waals surface area (Å²) in [6, 6.07) is 4.41. The van der Waals surface area contributed by atoms with E-state index in [0.717, 1.165) is 11.3 Å². The number of nitrogens with one attached hydrogen (secondary N) is 1. The average molecular weight is 289 g/mol. The lowest BCUT2D eigenvalue weighted by atomic mass is 10.1. The van der Waals surface area contributed by atoms with E-state index in [1.165, 1.54) is 18.3 Å². The zero-order chi connectivity index (χ0) is 15.5. The van der Waals surface area contributed by atoms with Crippen molar-refractivity contribution in [2.45, 2.75) is 39.8 Å². The van der Waals surface area contributed by atoms with Crippen LogP contribution in [0.1, 0.15) is 32.0 Å². The molecule has 1 aromatic carbocycles. The van der Waals surface area contributed by atoms with E-state index in [2.05, 4.69) is 36.1 Å². The molecular formula is C16H20FN3O. The minimum Gasteiger partial charge on any atom is -0.437 e. The van der Waals surface area contributed by atoms with Gasteiger partial charge in [0.15, 0.2) is 0 Å². The Kier molecular flexibility index (Phi) is 4.53. The van der Waals surface area contributed by atoms with Gasteiger partial charge in [-0.25, -0.2) is 9.37 Å². The first-order chi connectivity index (χ1) is 9.83. The van der Waals surface area contributed by atoms with Gasteiger partial charge in [0.25, 0.3) is 0 Å². The number of nitrogens with zero attached hydrogens (tertiary/aromatic N) is 2. The second kappa shape index (κ2) is 6.18. The molecule has 0 aliphatic carbocycles. The van der Waals surface area contributed by atoms with Gasteiger partial charge in [-0.15, -0.1) is 0 Å². The lowest BCUT2D eigenvalue weighted by Crippen LogP contribution is -2.35. The summed E-state index contributed by atoms with van der Waals surface area (Å²) in [6.07, 6.45) is 3.20. The molecule has 2 aromatic rings. The van der Waals surface area contributed by atoms with E-state index in [9.17, 15) is 4.39 Å². The van der Waals surface area contributed by atoms with Crippen LogP contribution >= 0.6 is 0 Å². The molecule has 112 valence electrons. The second-order valence-corrected chi connectivity index (χ2v) is 5.96. The van der Waals surface area contributed by atoms with E-state index in [1.807, 2.05) is 6.92 Å². The van der Waals surface area contributed by atoms with Crippen molar-refractivity contribution >= 4 is 0 Å². The van der Waals surface area contributed by atoms with Gasteiger partial charge in [0, 0.05) is 24.3 Å². The highest BCUT2D eigenvalue weighted by molar-refractivity contribution is 5.35. The highest BCUT2D eigenvalue weighted by Gasteiger charge is 2.10. The molecule has 1 aromatic heterocycles. The Hall–Kier alpha value is -2.01. The number of ether oxygens (including phenoxy) is 1. The number of aryl methyl sites for hydroxylation is 1. The van der Waals surface area contributed by atoms with Gasteiger partial charge in [0.1, 0.15) is 11.6 Å². The van der Waals surface area contributed by atoms with E-state index in [0.29, 0.717) is 18.2 Å². The molecular weight excluding hydrogens is 269 g/mol. The van der Waals surface area contributed by atoms with Crippen LogP contribution in [0.5, 0.6) is 11.6 Å². The summed E-state index contributed by atoms with van der Waals surface area (Å²) in [5.41, 5.74) is 1.62. The molecule has 0 saturated carbocycles. The molecule has 4 nitrogen and oxygen atoms in total. The topological polar surface area (TPSA) is 47.0 Å². The van der Waals surface area contributed by atoms with Crippen LogP contribution in [0.15, 0.2) is 30.6 Å². The Balaban J connectivity index is 2.12. The summed E-state index contributed by atoms with van der Waals surface area (Å²) in [5, 5.41) is 3.33. The van der Waals surface area contributed by atoms with Crippen LogP contribution in [0, 0.1) is 12.7 Å². The number of aromatic nitrogens is 2. The predicted molar refractivity (Wildman–Crippen MR) is 79.8 cm³/mol. The fourth-order valence-corrected chi connectivity index (χ4v) is 1.67. The third kappa shape index (κ3) is 4.79. The van der Waals surface area contributed by atoms with Gasteiger partial charge in [-0.05, 0) is 39.3 Å². The first kappa shape index (κ1) is 15.4. The van der Waals surface area contributed by atoms with E-state index in [-0.39, 0.29) is 11.4 Å². The standard InChI is InChI=1S/C16H20FN3O/c1-11-5-6-12(17)7-14(11)21-15-10-18-8-13(20-15)9-19-16(2,3)4/h5-8,10,19H,9H2,1-4H3. The minimum atomic E-state index is -0.339. The molecule has 2 rings (SSSR count). The number of benzene rings is 1. The summed E-state index contributed by atoms with van der Waals surface area (Å²) < 4.78 is 18.9. The normalized spacial score (nSPS) is 11.5. The highest BCUT2D eigenvalue weighted by Crippen LogP contribution is 2.24. The molecule has 0 aliphatic rings. The Labute approximate surface area is 124 Å². The molecule has 0 fully saturated rings. The van der Waals surface area contributed by atoms with Crippen molar-refractivity contribution in [1.82, 2.24) is 15.3 Å². The Morgan fingerprint density at radius 1 is 1.24 bits per heavy atom. The molecule has 0 bridgehead atoms. The first-order valence-electron chi connectivity index (χ1n) is 6.83. The van der Waals surface area contributed by atoms with Gasteiger partial charge in [0.2, 0.25) is 5.88 Å². The fraction of sp³-hybridized carbons (Fsp3) is 0.375. The van der Waals surface area contributed by atoms with Crippen LogP contribution in [-0.4, -0.2) is 15.5 Å². The van der Waals surface area contributed by atoms with Crippen LogP contribution < -0.4 is 10.1 Å². The zero-order valence-corrected chi connectivity index (χ0v) is 12.8. The summed E-state index contributed by atoms with van der Waals surface area (Å²) in [6.45, 7) is 8.69. The Morgan fingerprint density at radius 2 is 2.00 bits per heavy atom. The van der Waals surface area contributed by atoms with E-state index in [1.54, 1.807) is 12.3 Å². The molecule has 0 unspecified atom stereocenters. The van der Waals surface area contributed by atoms with Crippen LogP contribution in [0.2, 0.25) is 0 Å². The van der Waals surface area contributed by atoms with Gasteiger partial charge in [-0.1, -0.05) is 6.07 Å². The number of hydrogen-bond acceptors (Lipinski definition) is 4. The summed E-state index contributed by atoms with van der Waals surface area (Å²) in [5.74, 6) is 0.469. The lowest BCUT2D eigenvalue weighted by Gasteiger charge is -2.20. The van der Waals surface area contributed by atoms with Crippen molar-refractivity contribution in [2.24, 2.45) is 0 Å². The van der Waals surface area contributed by atoms with E-state index in [4.69, 9.17) is 4.74 Å². The summed E-state index contributed by atoms with van der Waals surface area (Å²) >= 11 is 0. The van der Waals surface area contributed by atoms with E-state index < -0.39 is 0 Å². The summed E-state index contributed by atoms with van der Waals surface area (Å²) in [7, 11) is 0. The molecule has 1 N–H and O–H groups in total. The first-order valence-corrected chi connectivity index (χ1v) is 6.83. The van der Waals surface area contributed by atoms with Crippen molar-refractivity contribution in [1.29, 1.82) is 0 Å². The largest absolute Gasteiger partial charge is 0.437 e. The Morgan fingerprint density at radius 3 is 2.71 bits per heavy atom.